The van der Waals surface area contributed by atoms with E-state index in [-0.39, 0.29) is 11.4 Å². The number of aromatic nitrogens is 3. The molecule has 0 radical (unpaired) electrons. The first-order valence-corrected chi connectivity index (χ1v) is 15.4. The summed E-state index contributed by atoms with van der Waals surface area (Å²) in [5.41, 5.74) is 10.1. The van der Waals surface area contributed by atoms with Crippen LogP contribution in [0.2, 0.25) is 0 Å². The molecule has 6 nitrogen and oxygen atoms in total. The van der Waals surface area contributed by atoms with E-state index in [9.17, 15) is 10.5 Å². The predicted octanol–water partition coefficient (Wildman–Crippen LogP) is 9.65. The zero-order valence-corrected chi connectivity index (χ0v) is 25.1. The second-order valence-corrected chi connectivity index (χ2v) is 11.7. The molecular formula is C41H24N6. The van der Waals surface area contributed by atoms with Crippen LogP contribution < -0.4 is 4.90 Å². The van der Waals surface area contributed by atoms with E-state index >= 15 is 0 Å². The Hall–Kier alpha value is -6.76. The third-order valence-corrected chi connectivity index (χ3v) is 9.12. The number of anilines is 3. The quantitative estimate of drug-likeness (QED) is 0.196. The van der Waals surface area contributed by atoms with E-state index in [1.54, 1.807) is 0 Å². The van der Waals surface area contributed by atoms with E-state index in [1.165, 1.54) is 16.3 Å². The number of hydrogen-bond donors (Lipinski definition) is 0. The molecule has 0 fully saturated rings. The van der Waals surface area contributed by atoms with Crippen molar-refractivity contribution in [3.63, 3.8) is 0 Å². The van der Waals surface area contributed by atoms with Crippen LogP contribution in [0.3, 0.4) is 0 Å². The lowest BCUT2D eigenvalue weighted by Gasteiger charge is -2.25. The van der Waals surface area contributed by atoms with Crippen molar-refractivity contribution in [2.45, 2.75) is 6.54 Å². The molecule has 0 amide bonds. The molecule has 0 saturated heterocycles. The van der Waals surface area contributed by atoms with Gasteiger partial charge >= 0.3 is 0 Å². The summed E-state index contributed by atoms with van der Waals surface area (Å²) in [6.07, 6.45) is 0. The maximum atomic E-state index is 9.61. The van der Waals surface area contributed by atoms with Crippen molar-refractivity contribution in [2.24, 2.45) is 0 Å². The van der Waals surface area contributed by atoms with Crippen LogP contribution in [0.25, 0.3) is 55.1 Å². The molecule has 0 atom stereocenters. The minimum Gasteiger partial charge on any atom is -0.336 e. The summed E-state index contributed by atoms with van der Waals surface area (Å²) in [7, 11) is 0. The maximum Gasteiger partial charge on any atom is 0.177 e. The lowest BCUT2D eigenvalue weighted by molar-refractivity contribution is 0.876. The molecule has 8 aromatic rings. The molecule has 6 aromatic carbocycles. The summed E-state index contributed by atoms with van der Waals surface area (Å²) in [5.74, 6) is 0. The molecule has 0 aliphatic heterocycles. The molecule has 0 spiro atoms. The fraction of sp³-hybridized carbons (Fsp3) is 0.0244. The molecule has 47 heavy (non-hydrogen) atoms. The predicted molar refractivity (Wildman–Crippen MR) is 187 cm³/mol. The zero-order chi connectivity index (χ0) is 31.5. The van der Waals surface area contributed by atoms with Crippen molar-refractivity contribution in [2.75, 3.05) is 4.90 Å². The summed E-state index contributed by atoms with van der Waals surface area (Å²) < 4.78 is 2.40. The number of rotatable bonds is 5. The highest BCUT2D eigenvalue weighted by molar-refractivity contribution is 6.15. The highest BCUT2D eigenvalue weighted by Crippen LogP contribution is 2.47. The van der Waals surface area contributed by atoms with Gasteiger partial charge in [-0.15, -0.1) is 0 Å². The van der Waals surface area contributed by atoms with Gasteiger partial charge in [0, 0.05) is 61.9 Å². The number of hydrogen-bond acceptors (Lipinski definition) is 5. The van der Waals surface area contributed by atoms with Crippen molar-refractivity contribution in [3.05, 3.63) is 150 Å². The highest BCUT2D eigenvalue weighted by atomic mass is 15.1. The smallest absolute Gasteiger partial charge is 0.177 e. The van der Waals surface area contributed by atoms with Crippen molar-refractivity contribution >= 4 is 49.6 Å². The average Bonchev–Trinajstić information content (AvgIpc) is 3.62. The van der Waals surface area contributed by atoms with Crippen LogP contribution in [-0.2, 0) is 6.54 Å². The van der Waals surface area contributed by atoms with Gasteiger partial charge in [0.25, 0.3) is 0 Å². The van der Waals surface area contributed by atoms with Gasteiger partial charge in [-0.05, 0) is 59.5 Å². The van der Waals surface area contributed by atoms with Gasteiger partial charge in [-0.2, -0.15) is 10.5 Å². The Morgan fingerprint density at radius 2 is 1.13 bits per heavy atom. The monoisotopic (exact) mass is 600 g/mol. The van der Waals surface area contributed by atoms with Crippen LogP contribution in [0, 0.1) is 22.7 Å². The second-order valence-electron chi connectivity index (χ2n) is 11.7. The number of para-hydroxylation sites is 3. The molecule has 218 valence electrons. The maximum absolute atomic E-state index is 9.61. The zero-order valence-electron chi connectivity index (χ0n) is 25.1. The van der Waals surface area contributed by atoms with Crippen molar-refractivity contribution < 1.29 is 0 Å². The Morgan fingerprint density at radius 3 is 1.81 bits per heavy atom. The molecule has 1 aliphatic rings. The molecule has 0 unspecified atom stereocenters. The third kappa shape index (κ3) is 4.03. The first kappa shape index (κ1) is 26.6. The van der Waals surface area contributed by atoms with Gasteiger partial charge in [0.15, 0.2) is 11.4 Å². The summed E-state index contributed by atoms with van der Waals surface area (Å²) in [5, 5.41) is 23.8. The molecule has 9 rings (SSSR count). The lowest BCUT2D eigenvalue weighted by atomic mass is 9.99. The highest BCUT2D eigenvalue weighted by Gasteiger charge is 2.27. The number of fused-ring (bicyclic) bond motifs is 6. The van der Waals surface area contributed by atoms with Crippen molar-refractivity contribution in [1.29, 1.82) is 10.5 Å². The molecular weight excluding hydrogens is 576 g/mol. The minimum absolute atomic E-state index is 0.0547. The van der Waals surface area contributed by atoms with Gasteiger partial charge in [-0.1, -0.05) is 84.9 Å². The van der Waals surface area contributed by atoms with Gasteiger partial charge in [-0.25, -0.2) is 9.97 Å². The lowest BCUT2D eigenvalue weighted by Crippen LogP contribution is -2.09. The summed E-state index contributed by atoms with van der Waals surface area (Å²) in [6, 6.07) is 50.8. The van der Waals surface area contributed by atoms with E-state index in [2.05, 4.69) is 129 Å². The van der Waals surface area contributed by atoms with Crippen LogP contribution in [0.1, 0.15) is 17.0 Å². The Balaban J connectivity index is 1.21. The van der Waals surface area contributed by atoms with Gasteiger partial charge in [0.1, 0.15) is 12.1 Å². The topological polar surface area (TPSA) is 81.5 Å². The molecule has 0 bridgehead atoms. The van der Waals surface area contributed by atoms with E-state index in [1.807, 2.05) is 36.4 Å². The van der Waals surface area contributed by atoms with Crippen LogP contribution in [0.5, 0.6) is 0 Å². The van der Waals surface area contributed by atoms with E-state index in [0.29, 0.717) is 17.9 Å². The third-order valence-electron chi connectivity index (χ3n) is 9.12. The van der Waals surface area contributed by atoms with Crippen LogP contribution in [-0.4, -0.2) is 14.5 Å². The van der Waals surface area contributed by atoms with Crippen molar-refractivity contribution in [3.8, 4) is 34.7 Å². The van der Waals surface area contributed by atoms with Crippen LogP contribution in [0.4, 0.5) is 17.1 Å². The first-order chi connectivity index (χ1) is 23.2. The molecule has 2 aromatic heterocycles. The fourth-order valence-corrected chi connectivity index (χ4v) is 7.09. The first-order valence-electron chi connectivity index (χ1n) is 15.4. The largest absolute Gasteiger partial charge is 0.336 e. The second kappa shape index (κ2) is 10.4. The molecule has 0 saturated carbocycles. The number of nitriles is 2. The SMILES string of the molecule is N#Cc1nc2c(nc1C#N)-c1ccc(Cn3c4ccccc4c4cc(N(c5ccccc5)c5ccccc5)ccc43)c3cccc-2c13. The molecule has 1 aliphatic carbocycles. The van der Waals surface area contributed by atoms with E-state index in [0.717, 1.165) is 50.0 Å². The Kier molecular flexibility index (Phi) is 5.90. The number of nitrogens with zero attached hydrogens (tertiary/aromatic N) is 6. The molecule has 0 N–H and O–H groups in total. The average molecular weight is 601 g/mol. The summed E-state index contributed by atoms with van der Waals surface area (Å²) >= 11 is 0. The van der Waals surface area contributed by atoms with Crippen molar-refractivity contribution in [1.82, 2.24) is 14.5 Å². The Morgan fingerprint density at radius 1 is 0.532 bits per heavy atom. The Labute approximate surface area is 270 Å². The van der Waals surface area contributed by atoms with Gasteiger partial charge in [-0.3, -0.25) is 0 Å². The van der Waals surface area contributed by atoms with Gasteiger partial charge in [0.05, 0.1) is 11.4 Å². The van der Waals surface area contributed by atoms with Crippen LogP contribution >= 0.6 is 0 Å². The molecule has 2 heterocycles. The molecule has 6 heteroatoms. The van der Waals surface area contributed by atoms with E-state index in [4.69, 9.17) is 0 Å². The normalized spacial score (nSPS) is 11.4. The standard InChI is InChI=1S/C41H24N6/c42-23-35-36(24-43)45-41-33-20-18-26(30-15-9-16-32(39(30)33)40(41)44-35)25-46-37-17-8-7-14-31(37)34-22-29(19-21-38(34)46)47(27-10-3-1-4-11-27)28-12-5-2-6-13-28/h1-22H,25H2. The van der Waals surface area contributed by atoms with Gasteiger partial charge < -0.3 is 9.47 Å². The fourth-order valence-electron chi connectivity index (χ4n) is 7.09. The summed E-state index contributed by atoms with van der Waals surface area (Å²) in [4.78, 5) is 11.5. The summed E-state index contributed by atoms with van der Waals surface area (Å²) in [6.45, 7) is 0.661. The minimum atomic E-state index is 0.0547. The Bertz CT molecular complexity index is 2540. The van der Waals surface area contributed by atoms with Gasteiger partial charge in [0.2, 0.25) is 0 Å². The number of benzene rings is 6. The van der Waals surface area contributed by atoms with E-state index < -0.39 is 0 Å². The van der Waals surface area contributed by atoms with Crippen LogP contribution in [0.15, 0.2) is 133 Å².